The average Bonchev–Trinajstić information content (AvgIpc) is 3.17. The van der Waals surface area contributed by atoms with Gasteiger partial charge in [-0.05, 0) is 19.1 Å². The lowest BCUT2D eigenvalue weighted by atomic mass is 10.1. The van der Waals surface area contributed by atoms with E-state index < -0.39 is 5.91 Å². The zero-order chi connectivity index (χ0) is 20.8. The van der Waals surface area contributed by atoms with Crippen molar-refractivity contribution in [2.24, 2.45) is 0 Å². The maximum atomic E-state index is 13.4. The van der Waals surface area contributed by atoms with Gasteiger partial charge in [0.2, 0.25) is 0 Å². The lowest BCUT2D eigenvalue weighted by Gasteiger charge is -2.12. The average molecular weight is 397 g/mol. The van der Waals surface area contributed by atoms with Crippen molar-refractivity contribution in [3.05, 3.63) is 53.6 Å². The number of rotatable bonds is 8. The van der Waals surface area contributed by atoms with Gasteiger partial charge in [0.1, 0.15) is 23.7 Å². The zero-order valence-electron chi connectivity index (χ0n) is 16.8. The first-order valence-corrected chi connectivity index (χ1v) is 9.00. The molecule has 0 amide bonds. The summed E-state index contributed by atoms with van der Waals surface area (Å²) in [7, 11) is 4.56. The van der Waals surface area contributed by atoms with E-state index in [4.69, 9.17) is 18.9 Å². The van der Waals surface area contributed by atoms with Gasteiger partial charge in [-0.25, -0.2) is 0 Å². The monoisotopic (exact) mass is 397 g/mol. The SMILES string of the molecule is COCCOc1nc(-c2ccc(C)cc2)n(C(=O)c2c(OC)cccc2OC)n1. The fraction of sp³-hybridized carbons (Fsp3) is 0.286. The molecule has 0 aliphatic heterocycles. The van der Waals surface area contributed by atoms with E-state index in [1.807, 2.05) is 31.2 Å². The molecule has 0 spiro atoms. The van der Waals surface area contributed by atoms with Gasteiger partial charge in [-0.3, -0.25) is 4.79 Å². The van der Waals surface area contributed by atoms with Crippen molar-refractivity contribution < 1.29 is 23.7 Å². The molecule has 0 N–H and O–H groups in total. The van der Waals surface area contributed by atoms with E-state index in [0.29, 0.717) is 23.9 Å². The third kappa shape index (κ3) is 4.38. The minimum absolute atomic E-state index is 0.0832. The molecular weight excluding hydrogens is 374 g/mol. The Bertz CT molecular complexity index is 960. The van der Waals surface area contributed by atoms with Crippen molar-refractivity contribution in [3.63, 3.8) is 0 Å². The van der Waals surface area contributed by atoms with Crippen molar-refractivity contribution in [1.29, 1.82) is 0 Å². The molecule has 8 nitrogen and oxygen atoms in total. The molecule has 3 aromatic rings. The van der Waals surface area contributed by atoms with Gasteiger partial charge in [-0.2, -0.15) is 9.67 Å². The highest BCUT2D eigenvalue weighted by Crippen LogP contribution is 2.31. The molecule has 0 bridgehead atoms. The second-order valence-corrected chi connectivity index (χ2v) is 6.18. The number of hydrogen-bond acceptors (Lipinski definition) is 7. The highest BCUT2D eigenvalue weighted by molar-refractivity contribution is 6.02. The number of methoxy groups -OCH3 is 3. The third-order valence-corrected chi connectivity index (χ3v) is 4.25. The van der Waals surface area contributed by atoms with Gasteiger partial charge < -0.3 is 18.9 Å². The summed E-state index contributed by atoms with van der Waals surface area (Å²) in [6, 6.07) is 12.8. The van der Waals surface area contributed by atoms with Crippen molar-refractivity contribution >= 4 is 5.91 Å². The lowest BCUT2D eigenvalue weighted by molar-refractivity contribution is 0.0936. The molecule has 0 saturated heterocycles. The fourth-order valence-electron chi connectivity index (χ4n) is 2.77. The van der Waals surface area contributed by atoms with Crippen LogP contribution in [0.25, 0.3) is 11.4 Å². The molecule has 0 aliphatic carbocycles. The van der Waals surface area contributed by atoms with Gasteiger partial charge in [0.05, 0.1) is 20.8 Å². The minimum Gasteiger partial charge on any atom is -0.496 e. The normalized spacial score (nSPS) is 10.6. The van der Waals surface area contributed by atoms with E-state index in [9.17, 15) is 4.79 Å². The summed E-state index contributed by atoms with van der Waals surface area (Å²) in [5.41, 5.74) is 2.07. The molecule has 1 aromatic heterocycles. The van der Waals surface area contributed by atoms with Gasteiger partial charge in [0.15, 0.2) is 5.82 Å². The highest BCUT2D eigenvalue weighted by atomic mass is 16.5. The Labute approximate surface area is 169 Å². The van der Waals surface area contributed by atoms with E-state index in [1.54, 1.807) is 25.3 Å². The number of aryl methyl sites for hydroxylation is 1. The van der Waals surface area contributed by atoms with Gasteiger partial charge in [0.25, 0.3) is 5.91 Å². The van der Waals surface area contributed by atoms with Crippen LogP contribution in [0.2, 0.25) is 0 Å². The second kappa shape index (κ2) is 9.20. The zero-order valence-corrected chi connectivity index (χ0v) is 16.8. The van der Waals surface area contributed by atoms with E-state index in [2.05, 4.69) is 10.1 Å². The molecule has 0 unspecified atom stereocenters. The second-order valence-electron chi connectivity index (χ2n) is 6.18. The Hall–Kier alpha value is -3.39. The summed E-state index contributed by atoms with van der Waals surface area (Å²) in [5.74, 6) is 0.669. The summed E-state index contributed by atoms with van der Waals surface area (Å²) in [6.45, 7) is 2.63. The number of nitrogens with zero attached hydrogens (tertiary/aromatic N) is 3. The molecule has 29 heavy (non-hydrogen) atoms. The van der Waals surface area contributed by atoms with Crippen LogP contribution in [0.15, 0.2) is 42.5 Å². The number of ether oxygens (including phenoxy) is 4. The Morgan fingerprint density at radius 2 is 1.62 bits per heavy atom. The van der Waals surface area contributed by atoms with Gasteiger partial charge in [-0.15, -0.1) is 5.10 Å². The molecule has 0 atom stereocenters. The summed E-state index contributed by atoms with van der Waals surface area (Å²) in [4.78, 5) is 17.8. The minimum atomic E-state index is -0.441. The summed E-state index contributed by atoms with van der Waals surface area (Å²) < 4.78 is 22.5. The van der Waals surface area contributed by atoms with E-state index in [1.165, 1.54) is 18.9 Å². The predicted molar refractivity (Wildman–Crippen MR) is 107 cm³/mol. The van der Waals surface area contributed by atoms with Crippen molar-refractivity contribution in [1.82, 2.24) is 14.8 Å². The Morgan fingerprint density at radius 1 is 0.966 bits per heavy atom. The molecule has 8 heteroatoms. The van der Waals surface area contributed by atoms with Crippen LogP contribution in [0.3, 0.4) is 0 Å². The van der Waals surface area contributed by atoms with Crippen LogP contribution in [0.1, 0.15) is 15.9 Å². The molecule has 3 rings (SSSR count). The van der Waals surface area contributed by atoms with Crippen LogP contribution in [0.4, 0.5) is 0 Å². The Kier molecular flexibility index (Phi) is 6.46. The number of aromatic nitrogens is 3. The lowest BCUT2D eigenvalue weighted by Crippen LogP contribution is -2.17. The standard InChI is InChI=1S/C21H23N3O5/c1-14-8-10-15(11-9-14)19-22-21(29-13-12-26-2)23-24(19)20(25)18-16(27-3)6-5-7-17(18)28-4/h5-11H,12-13H2,1-4H3. The molecular formula is C21H23N3O5. The summed E-state index contributed by atoms with van der Waals surface area (Å²) in [5, 5.41) is 4.28. The van der Waals surface area contributed by atoms with E-state index in [0.717, 1.165) is 11.1 Å². The Morgan fingerprint density at radius 3 is 2.21 bits per heavy atom. The van der Waals surface area contributed by atoms with Crippen LogP contribution < -0.4 is 14.2 Å². The maximum Gasteiger partial charge on any atom is 0.336 e. The number of carbonyl (C=O) groups excluding carboxylic acids is 1. The summed E-state index contributed by atoms with van der Waals surface area (Å²) >= 11 is 0. The molecule has 0 radical (unpaired) electrons. The molecule has 0 saturated carbocycles. The molecule has 152 valence electrons. The first-order valence-electron chi connectivity index (χ1n) is 9.00. The smallest absolute Gasteiger partial charge is 0.336 e. The molecule has 0 aliphatic rings. The molecule has 1 heterocycles. The van der Waals surface area contributed by atoms with Crippen LogP contribution in [0, 0.1) is 6.92 Å². The summed E-state index contributed by atoms with van der Waals surface area (Å²) in [6.07, 6.45) is 0. The fourth-order valence-corrected chi connectivity index (χ4v) is 2.77. The van der Waals surface area contributed by atoms with E-state index >= 15 is 0 Å². The van der Waals surface area contributed by atoms with Gasteiger partial charge in [-0.1, -0.05) is 35.9 Å². The largest absolute Gasteiger partial charge is 0.496 e. The van der Waals surface area contributed by atoms with Gasteiger partial charge >= 0.3 is 6.01 Å². The van der Waals surface area contributed by atoms with Crippen LogP contribution in [-0.2, 0) is 4.74 Å². The number of carbonyl (C=O) groups is 1. The highest BCUT2D eigenvalue weighted by Gasteiger charge is 2.25. The number of hydrogen-bond donors (Lipinski definition) is 0. The predicted octanol–water partition coefficient (Wildman–Crippen LogP) is 2.98. The van der Waals surface area contributed by atoms with Crippen molar-refractivity contribution in [2.75, 3.05) is 34.5 Å². The Balaban J connectivity index is 2.10. The van der Waals surface area contributed by atoms with Crippen molar-refractivity contribution in [2.45, 2.75) is 6.92 Å². The first kappa shape index (κ1) is 20.3. The quantitative estimate of drug-likeness (QED) is 0.540. The topological polar surface area (TPSA) is 84.7 Å². The van der Waals surface area contributed by atoms with Crippen LogP contribution in [0.5, 0.6) is 17.5 Å². The first-order chi connectivity index (χ1) is 14.1. The maximum absolute atomic E-state index is 13.4. The van der Waals surface area contributed by atoms with Gasteiger partial charge in [0, 0.05) is 12.7 Å². The third-order valence-electron chi connectivity index (χ3n) is 4.25. The van der Waals surface area contributed by atoms with E-state index in [-0.39, 0.29) is 18.2 Å². The molecule has 0 fully saturated rings. The molecule has 2 aromatic carbocycles. The number of benzene rings is 2. The van der Waals surface area contributed by atoms with Crippen LogP contribution in [-0.4, -0.2) is 55.2 Å². The van der Waals surface area contributed by atoms with Crippen LogP contribution >= 0.6 is 0 Å². The van der Waals surface area contributed by atoms with Crippen molar-refractivity contribution in [3.8, 4) is 28.9 Å².